The zero-order valence-corrected chi connectivity index (χ0v) is 12.1. The Bertz CT molecular complexity index is 372. The number of benzene rings is 1. The first-order valence-corrected chi connectivity index (χ1v) is 7.45. The van der Waals surface area contributed by atoms with Gasteiger partial charge in [0.15, 0.2) is 0 Å². The molecular formula is C17H27N. The van der Waals surface area contributed by atoms with E-state index in [0.717, 1.165) is 11.8 Å². The number of rotatable bonds is 4. The van der Waals surface area contributed by atoms with Crippen molar-refractivity contribution in [2.75, 3.05) is 7.05 Å². The highest BCUT2D eigenvalue weighted by Gasteiger charge is 2.28. The van der Waals surface area contributed by atoms with E-state index in [2.05, 4.69) is 50.5 Å². The van der Waals surface area contributed by atoms with E-state index in [1.165, 1.54) is 43.2 Å². The van der Waals surface area contributed by atoms with Crippen molar-refractivity contribution in [3.63, 3.8) is 0 Å². The van der Waals surface area contributed by atoms with Crippen molar-refractivity contribution in [3.8, 4) is 0 Å². The van der Waals surface area contributed by atoms with E-state index in [0.29, 0.717) is 6.04 Å². The molecule has 0 aromatic heterocycles. The third kappa shape index (κ3) is 3.35. The summed E-state index contributed by atoms with van der Waals surface area (Å²) < 4.78 is 0. The van der Waals surface area contributed by atoms with Crippen LogP contribution in [0.3, 0.4) is 0 Å². The maximum absolute atomic E-state index is 3.53. The Labute approximate surface area is 112 Å². The summed E-state index contributed by atoms with van der Waals surface area (Å²) in [4.78, 5) is 0. The predicted octanol–water partition coefficient (Wildman–Crippen LogP) is 3.95. The number of hydrogen-bond acceptors (Lipinski definition) is 1. The van der Waals surface area contributed by atoms with Crippen molar-refractivity contribution < 1.29 is 0 Å². The van der Waals surface area contributed by atoms with E-state index in [-0.39, 0.29) is 0 Å². The van der Waals surface area contributed by atoms with Crippen LogP contribution in [0, 0.1) is 18.8 Å². The van der Waals surface area contributed by atoms with Crippen LogP contribution in [-0.2, 0) is 6.42 Å². The monoisotopic (exact) mass is 245 g/mol. The first-order valence-electron chi connectivity index (χ1n) is 7.45. The molecule has 1 N–H and O–H groups in total. The quantitative estimate of drug-likeness (QED) is 0.847. The fraction of sp³-hybridized carbons (Fsp3) is 0.647. The third-order valence-corrected chi connectivity index (χ3v) is 4.62. The van der Waals surface area contributed by atoms with Crippen molar-refractivity contribution in [2.24, 2.45) is 11.8 Å². The van der Waals surface area contributed by atoms with Crippen LogP contribution >= 0.6 is 0 Å². The van der Waals surface area contributed by atoms with Gasteiger partial charge in [0.1, 0.15) is 0 Å². The lowest BCUT2D eigenvalue weighted by Gasteiger charge is -2.36. The lowest BCUT2D eigenvalue weighted by Crippen LogP contribution is -2.39. The molecule has 0 spiro atoms. The molecule has 1 heteroatoms. The third-order valence-electron chi connectivity index (χ3n) is 4.62. The van der Waals surface area contributed by atoms with Gasteiger partial charge in [-0.15, -0.1) is 0 Å². The minimum absolute atomic E-state index is 0.716. The van der Waals surface area contributed by atoms with Gasteiger partial charge in [0, 0.05) is 6.04 Å². The molecule has 18 heavy (non-hydrogen) atoms. The van der Waals surface area contributed by atoms with E-state index < -0.39 is 0 Å². The molecule has 1 aliphatic carbocycles. The highest BCUT2D eigenvalue weighted by atomic mass is 14.9. The van der Waals surface area contributed by atoms with Gasteiger partial charge in [-0.25, -0.2) is 0 Å². The maximum Gasteiger partial charge on any atom is 0.00957 e. The van der Waals surface area contributed by atoms with Crippen molar-refractivity contribution >= 4 is 0 Å². The van der Waals surface area contributed by atoms with E-state index >= 15 is 0 Å². The summed E-state index contributed by atoms with van der Waals surface area (Å²) in [7, 11) is 2.13. The van der Waals surface area contributed by atoms with Crippen molar-refractivity contribution in [2.45, 2.75) is 52.0 Å². The van der Waals surface area contributed by atoms with Gasteiger partial charge in [-0.2, -0.15) is 0 Å². The summed E-state index contributed by atoms with van der Waals surface area (Å²) in [6, 6.07) is 9.74. The largest absolute Gasteiger partial charge is 0.317 e. The number of hydrogen-bond donors (Lipinski definition) is 1. The molecule has 0 bridgehead atoms. The van der Waals surface area contributed by atoms with Gasteiger partial charge in [-0.1, -0.05) is 43.2 Å². The molecule has 3 unspecified atom stereocenters. The Morgan fingerprint density at radius 2 is 2.11 bits per heavy atom. The van der Waals surface area contributed by atoms with E-state index in [9.17, 15) is 0 Å². The van der Waals surface area contributed by atoms with Crippen LogP contribution in [0.25, 0.3) is 0 Å². The number of aryl methyl sites for hydroxylation is 1. The van der Waals surface area contributed by atoms with Gasteiger partial charge >= 0.3 is 0 Å². The fourth-order valence-electron chi connectivity index (χ4n) is 3.48. The summed E-state index contributed by atoms with van der Waals surface area (Å²) in [5.74, 6) is 1.76. The molecule has 1 aromatic carbocycles. The lowest BCUT2D eigenvalue weighted by molar-refractivity contribution is 0.205. The SMILES string of the molecule is CCC1CCC(NC)C(Cc2cccc(C)c2)C1. The van der Waals surface area contributed by atoms with Crippen molar-refractivity contribution in [3.05, 3.63) is 35.4 Å². The minimum atomic E-state index is 0.716. The van der Waals surface area contributed by atoms with Crippen LogP contribution < -0.4 is 5.32 Å². The van der Waals surface area contributed by atoms with Crippen molar-refractivity contribution in [1.82, 2.24) is 5.32 Å². The topological polar surface area (TPSA) is 12.0 Å². The molecule has 0 saturated heterocycles. The molecule has 0 heterocycles. The molecule has 1 aromatic rings. The second-order valence-corrected chi connectivity index (χ2v) is 5.94. The second kappa shape index (κ2) is 6.38. The number of nitrogens with one attached hydrogen (secondary N) is 1. The highest BCUT2D eigenvalue weighted by molar-refractivity contribution is 5.23. The van der Waals surface area contributed by atoms with Crippen LogP contribution in [0.2, 0.25) is 0 Å². The zero-order valence-electron chi connectivity index (χ0n) is 12.1. The summed E-state index contributed by atoms with van der Waals surface area (Å²) in [6.45, 7) is 4.53. The summed E-state index contributed by atoms with van der Waals surface area (Å²) in [5.41, 5.74) is 2.90. The molecule has 1 nitrogen and oxygen atoms in total. The van der Waals surface area contributed by atoms with E-state index in [1.54, 1.807) is 0 Å². The van der Waals surface area contributed by atoms with Gasteiger partial charge in [0.25, 0.3) is 0 Å². The van der Waals surface area contributed by atoms with Gasteiger partial charge in [0.05, 0.1) is 0 Å². The van der Waals surface area contributed by atoms with Crippen molar-refractivity contribution in [1.29, 1.82) is 0 Å². The Morgan fingerprint density at radius 1 is 1.28 bits per heavy atom. The molecule has 1 aliphatic rings. The Balaban J connectivity index is 2.04. The molecule has 1 saturated carbocycles. The Morgan fingerprint density at radius 3 is 2.78 bits per heavy atom. The molecule has 100 valence electrons. The molecule has 1 fully saturated rings. The standard InChI is InChI=1S/C17H27N/c1-4-14-8-9-17(18-3)16(11-14)12-15-7-5-6-13(2)10-15/h5-7,10,14,16-18H,4,8-9,11-12H2,1-3H3. The molecule has 0 aliphatic heterocycles. The van der Waals surface area contributed by atoms with Gasteiger partial charge in [-0.3, -0.25) is 0 Å². The summed E-state index contributed by atoms with van der Waals surface area (Å²) in [6.07, 6.45) is 6.75. The summed E-state index contributed by atoms with van der Waals surface area (Å²) in [5, 5.41) is 3.53. The average molecular weight is 245 g/mol. The van der Waals surface area contributed by atoms with Crippen LogP contribution in [0.5, 0.6) is 0 Å². The minimum Gasteiger partial charge on any atom is -0.317 e. The first-order chi connectivity index (χ1) is 8.72. The van der Waals surface area contributed by atoms with Crippen LogP contribution in [0.1, 0.15) is 43.7 Å². The Hall–Kier alpha value is -0.820. The van der Waals surface area contributed by atoms with E-state index in [1.807, 2.05) is 0 Å². The van der Waals surface area contributed by atoms with Gasteiger partial charge in [-0.05, 0) is 57.1 Å². The molecule has 0 radical (unpaired) electrons. The average Bonchev–Trinajstić information content (AvgIpc) is 2.38. The van der Waals surface area contributed by atoms with Gasteiger partial charge < -0.3 is 5.32 Å². The normalized spacial score (nSPS) is 28.3. The molecule has 3 atom stereocenters. The molecular weight excluding hydrogens is 218 g/mol. The van der Waals surface area contributed by atoms with E-state index in [4.69, 9.17) is 0 Å². The van der Waals surface area contributed by atoms with Gasteiger partial charge in [0.2, 0.25) is 0 Å². The van der Waals surface area contributed by atoms with Crippen LogP contribution in [0.15, 0.2) is 24.3 Å². The Kier molecular flexibility index (Phi) is 4.82. The van der Waals surface area contributed by atoms with Crippen LogP contribution in [-0.4, -0.2) is 13.1 Å². The fourth-order valence-corrected chi connectivity index (χ4v) is 3.48. The maximum atomic E-state index is 3.53. The molecule has 2 rings (SSSR count). The first kappa shape index (κ1) is 13.6. The summed E-state index contributed by atoms with van der Waals surface area (Å²) >= 11 is 0. The lowest BCUT2D eigenvalue weighted by atomic mass is 9.74. The smallest absolute Gasteiger partial charge is 0.00957 e. The second-order valence-electron chi connectivity index (χ2n) is 5.94. The highest BCUT2D eigenvalue weighted by Crippen LogP contribution is 2.33. The predicted molar refractivity (Wildman–Crippen MR) is 78.9 cm³/mol. The molecule has 0 amide bonds. The zero-order chi connectivity index (χ0) is 13.0. The van der Waals surface area contributed by atoms with Crippen LogP contribution in [0.4, 0.5) is 0 Å².